The maximum Gasteiger partial charge on any atom is 0.460 e. The van der Waals surface area contributed by atoms with E-state index in [2.05, 4.69) is 5.10 Å². The van der Waals surface area contributed by atoms with Gasteiger partial charge in [0, 0.05) is 5.02 Å². The molecular formula is C16H13ClF7N3O. The van der Waals surface area contributed by atoms with Gasteiger partial charge in [-0.05, 0) is 25.5 Å². The lowest BCUT2D eigenvalue weighted by Gasteiger charge is -2.27. The number of nitrogens with zero attached hydrogens (tertiary/aromatic N) is 2. The third-order valence-corrected chi connectivity index (χ3v) is 4.30. The van der Waals surface area contributed by atoms with Crippen LogP contribution in [0.2, 0.25) is 5.02 Å². The highest BCUT2D eigenvalue weighted by molar-refractivity contribution is 6.31. The van der Waals surface area contributed by atoms with Gasteiger partial charge in [-0.25, -0.2) is 0 Å². The molecule has 0 radical (unpaired) electrons. The fourth-order valence-corrected chi connectivity index (χ4v) is 2.53. The molecule has 1 amide bonds. The number of carbonyl (C=O) groups excluding carboxylic acids is 1. The van der Waals surface area contributed by atoms with Crippen molar-refractivity contribution in [2.45, 2.75) is 38.4 Å². The Kier molecular flexibility index (Phi) is 5.71. The first-order chi connectivity index (χ1) is 12.7. The van der Waals surface area contributed by atoms with Gasteiger partial charge in [0.1, 0.15) is 0 Å². The predicted octanol–water partition coefficient (Wildman–Crippen LogP) is 4.97. The van der Waals surface area contributed by atoms with Crippen LogP contribution in [0.15, 0.2) is 24.3 Å². The molecule has 12 heteroatoms. The lowest BCUT2D eigenvalue weighted by Crippen LogP contribution is -2.57. The van der Waals surface area contributed by atoms with Crippen LogP contribution in [0.3, 0.4) is 0 Å². The van der Waals surface area contributed by atoms with Gasteiger partial charge in [-0.15, -0.1) is 0 Å². The van der Waals surface area contributed by atoms with Crippen molar-refractivity contribution in [3.05, 3.63) is 46.2 Å². The highest BCUT2D eigenvalue weighted by atomic mass is 35.5. The Balaban J connectivity index is 2.31. The van der Waals surface area contributed by atoms with Crippen LogP contribution in [-0.4, -0.2) is 33.7 Å². The molecule has 0 atom stereocenters. The van der Waals surface area contributed by atoms with Gasteiger partial charge in [-0.3, -0.25) is 9.48 Å². The third kappa shape index (κ3) is 3.80. The van der Waals surface area contributed by atoms with E-state index in [1.165, 1.54) is 23.8 Å². The van der Waals surface area contributed by atoms with E-state index in [0.29, 0.717) is 10.6 Å². The predicted molar refractivity (Wildman–Crippen MR) is 86.8 cm³/mol. The Morgan fingerprint density at radius 1 is 1.11 bits per heavy atom. The first-order valence-corrected chi connectivity index (χ1v) is 7.99. The van der Waals surface area contributed by atoms with Gasteiger partial charge in [0.05, 0.1) is 23.6 Å². The molecule has 1 N–H and O–H groups in total. The molecule has 2 aromatic rings. The summed E-state index contributed by atoms with van der Waals surface area (Å²) in [6, 6.07) is 6.58. The van der Waals surface area contributed by atoms with Gasteiger partial charge >= 0.3 is 23.9 Å². The summed E-state index contributed by atoms with van der Waals surface area (Å²) >= 11 is 6.01. The number of hydrogen-bond acceptors (Lipinski definition) is 2. The second-order valence-corrected chi connectivity index (χ2v) is 6.30. The van der Waals surface area contributed by atoms with E-state index < -0.39 is 29.6 Å². The van der Waals surface area contributed by atoms with Crippen molar-refractivity contribution in [2.24, 2.45) is 0 Å². The van der Waals surface area contributed by atoms with Crippen LogP contribution in [0, 0.1) is 13.8 Å². The summed E-state index contributed by atoms with van der Waals surface area (Å²) in [6.07, 6.45) is -6.60. The Morgan fingerprint density at radius 3 is 2.21 bits per heavy atom. The Hall–Kier alpha value is -2.30. The zero-order chi connectivity index (χ0) is 21.5. The first kappa shape index (κ1) is 22.0. The second kappa shape index (κ2) is 7.26. The van der Waals surface area contributed by atoms with Crippen molar-refractivity contribution in [1.29, 1.82) is 0 Å². The average molecular weight is 432 g/mol. The minimum Gasteiger partial charge on any atom is -0.317 e. The molecule has 1 aromatic carbocycles. The van der Waals surface area contributed by atoms with Crippen molar-refractivity contribution < 1.29 is 35.5 Å². The molecule has 154 valence electrons. The fourth-order valence-electron chi connectivity index (χ4n) is 2.33. The van der Waals surface area contributed by atoms with Crippen molar-refractivity contribution in [1.82, 2.24) is 9.78 Å². The van der Waals surface area contributed by atoms with E-state index in [1.54, 1.807) is 24.3 Å². The third-order valence-electron chi connectivity index (χ3n) is 3.93. The van der Waals surface area contributed by atoms with Crippen LogP contribution in [0.1, 0.15) is 17.0 Å². The highest BCUT2D eigenvalue weighted by Gasteiger charge is 2.76. The summed E-state index contributed by atoms with van der Waals surface area (Å²) < 4.78 is 91.0. The Labute approximate surface area is 159 Å². The number of hydrogen-bond donors (Lipinski definition) is 1. The number of amides is 1. The van der Waals surface area contributed by atoms with E-state index in [4.69, 9.17) is 11.6 Å². The van der Waals surface area contributed by atoms with E-state index >= 15 is 0 Å². The van der Waals surface area contributed by atoms with Gasteiger partial charge in [-0.2, -0.15) is 35.8 Å². The summed E-state index contributed by atoms with van der Waals surface area (Å²) in [4.78, 5) is 11.6. The molecule has 0 bridgehead atoms. The molecule has 4 nitrogen and oxygen atoms in total. The van der Waals surface area contributed by atoms with Gasteiger partial charge in [0.25, 0.3) is 0 Å². The summed E-state index contributed by atoms with van der Waals surface area (Å²) in [7, 11) is 0. The van der Waals surface area contributed by atoms with Gasteiger partial charge in [0.2, 0.25) is 0 Å². The maximum absolute atomic E-state index is 13.5. The summed E-state index contributed by atoms with van der Waals surface area (Å²) in [6.45, 7) is 2.65. The molecule has 28 heavy (non-hydrogen) atoms. The molecule has 0 aliphatic heterocycles. The number of anilines is 1. The lowest BCUT2D eigenvalue weighted by atomic mass is 10.1. The average Bonchev–Trinajstić information content (AvgIpc) is 2.83. The van der Waals surface area contributed by atoms with Crippen LogP contribution in [0.25, 0.3) is 0 Å². The normalized spacial score (nSPS) is 12.9. The van der Waals surface area contributed by atoms with Crippen LogP contribution in [0.4, 0.5) is 36.4 Å². The number of carbonyl (C=O) groups is 1. The van der Waals surface area contributed by atoms with Crippen molar-refractivity contribution >= 4 is 23.2 Å². The molecule has 1 aromatic heterocycles. The zero-order valence-corrected chi connectivity index (χ0v) is 15.1. The first-order valence-electron chi connectivity index (χ1n) is 7.61. The van der Waals surface area contributed by atoms with Crippen molar-refractivity contribution in [3.8, 4) is 0 Å². The van der Waals surface area contributed by atoms with E-state index in [0.717, 1.165) is 0 Å². The van der Waals surface area contributed by atoms with E-state index in [-0.39, 0.29) is 17.9 Å². The number of aromatic nitrogens is 2. The number of aryl methyl sites for hydroxylation is 1. The summed E-state index contributed by atoms with van der Waals surface area (Å²) in [5.74, 6) is -15.4. The molecule has 1 heterocycles. The van der Waals surface area contributed by atoms with Crippen LogP contribution >= 0.6 is 11.6 Å². The molecule has 2 rings (SSSR count). The second-order valence-electron chi connectivity index (χ2n) is 5.90. The minimum atomic E-state index is -6.60. The molecule has 0 saturated heterocycles. The topological polar surface area (TPSA) is 46.9 Å². The Morgan fingerprint density at radius 2 is 1.68 bits per heavy atom. The smallest absolute Gasteiger partial charge is 0.317 e. The molecular weight excluding hydrogens is 419 g/mol. The van der Waals surface area contributed by atoms with Crippen molar-refractivity contribution in [3.63, 3.8) is 0 Å². The van der Waals surface area contributed by atoms with Gasteiger partial charge in [-0.1, -0.05) is 29.8 Å². The molecule has 0 fully saturated rings. The number of nitrogens with one attached hydrogen (secondary N) is 1. The van der Waals surface area contributed by atoms with Crippen LogP contribution in [0.5, 0.6) is 0 Å². The standard InChI is InChI=1S/C16H13ClF7N3O/c1-8-12(25-13(28)14(18,19)15(20,21)16(22,23)24)9(2)27(26-8)7-10-5-3-4-6-11(10)17/h3-6H,7H2,1-2H3,(H,25,28). The summed E-state index contributed by atoms with van der Waals surface area (Å²) in [5.41, 5.74) is 0.206. The fraction of sp³-hybridized carbons (Fsp3) is 0.375. The zero-order valence-electron chi connectivity index (χ0n) is 14.3. The van der Waals surface area contributed by atoms with Crippen molar-refractivity contribution in [2.75, 3.05) is 5.32 Å². The molecule has 0 spiro atoms. The Bertz CT molecular complexity index is 893. The van der Waals surface area contributed by atoms with Crippen LogP contribution in [-0.2, 0) is 11.3 Å². The van der Waals surface area contributed by atoms with Crippen LogP contribution < -0.4 is 5.32 Å². The number of rotatable bonds is 5. The maximum atomic E-state index is 13.5. The van der Waals surface area contributed by atoms with Gasteiger partial charge < -0.3 is 5.32 Å². The van der Waals surface area contributed by atoms with E-state index in [9.17, 15) is 35.5 Å². The lowest BCUT2D eigenvalue weighted by molar-refractivity contribution is -0.343. The number of benzene rings is 1. The monoisotopic (exact) mass is 431 g/mol. The quantitative estimate of drug-likeness (QED) is 0.679. The molecule has 0 aliphatic rings. The van der Waals surface area contributed by atoms with E-state index in [1.807, 2.05) is 0 Å². The summed E-state index contributed by atoms with van der Waals surface area (Å²) in [5, 5.41) is 5.79. The number of halogens is 8. The highest BCUT2D eigenvalue weighted by Crippen LogP contribution is 2.47. The largest absolute Gasteiger partial charge is 0.460 e. The number of alkyl halides is 7. The molecule has 0 saturated carbocycles. The minimum absolute atomic E-state index is 0.0518. The molecule has 0 unspecified atom stereocenters. The molecule has 0 aliphatic carbocycles. The SMILES string of the molecule is Cc1nn(Cc2ccccc2Cl)c(C)c1NC(=O)C(F)(F)C(F)(F)C(F)(F)F. The van der Waals surface area contributed by atoms with Gasteiger partial charge in [0.15, 0.2) is 0 Å².